The summed E-state index contributed by atoms with van der Waals surface area (Å²) >= 11 is 0. The van der Waals surface area contributed by atoms with Crippen molar-refractivity contribution in [2.24, 2.45) is 0 Å². The Morgan fingerprint density at radius 2 is 2.22 bits per heavy atom. The van der Waals surface area contributed by atoms with Crippen molar-refractivity contribution in [3.8, 4) is 5.88 Å². The molecule has 1 aliphatic carbocycles. The molecule has 3 rings (SSSR count). The maximum atomic E-state index is 12.3. The van der Waals surface area contributed by atoms with Gasteiger partial charge in [0.05, 0.1) is 12.7 Å². The molecule has 23 heavy (non-hydrogen) atoms. The number of hydrogen-bond acceptors (Lipinski definition) is 7. The number of fused-ring (bicyclic) bond motifs is 1. The van der Waals surface area contributed by atoms with E-state index in [1.54, 1.807) is 13.0 Å². The number of anilines is 1. The van der Waals surface area contributed by atoms with Gasteiger partial charge in [-0.1, -0.05) is 0 Å². The van der Waals surface area contributed by atoms with Crippen molar-refractivity contribution in [1.82, 2.24) is 15.4 Å². The molecule has 0 unspecified atom stereocenters. The van der Waals surface area contributed by atoms with Gasteiger partial charge in [-0.3, -0.25) is 20.4 Å². The number of amides is 1. The Balaban J connectivity index is 1.75. The maximum Gasteiger partial charge on any atom is 0.305 e. The first-order valence-electron chi connectivity index (χ1n) is 7.19. The highest BCUT2D eigenvalue weighted by Crippen LogP contribution is 2.29. The van der Waals surface area contributed by atoms with Gasteiger partial charge >= 0.3 is 5.91 Å². The summed E-state index contributed by atoms with van der Waals surface area (Å²) in [5, 5.41) is 0. The molecule has 8 nitrogen and oxygen atoms in total. The van der Waals surface area contributed by atoms with Crippen LogP contribution in [0.25, 0.3) is 0 Å². The number of aromatic nitrogens is 2. The van der Waals surface area contributed by atoms with E-state index in [1.807, 2.05) is 0 Å². The number of furan rings is 1. The summed E-state index contributed by atoms with van der Waals surface area (Å²) in [5.41, 5.74) is 6.15. The number of methoxy groups -OCH3 is 1. The third-order valence-electron chi connectivity index (χ3n) is 3.64. The maximum absolute atomic E-state index is 12.3. The number of nitrogens with one attached hydrogen (secondary N) is 2. The van der Waals surface area contributed by atoms with Crippen molar-refractivity contribution in [3.05, 3.63) is 34.9 Å². The second kappa shape index (κ2) is 6.07. The minimum absolute atomic E-state index is 0.0237. The molecule has 0 fully saturated rings. The zero-order chi connectivity index (χ0) is 16.4. The molecule has 2 aromatic rings. The highest BCUT2D eigenvalue weighted by atomic mass is 16.5. The van der Waals surface area contributed by atoms with Gasteiger partial charge in [-0.15, -0.1) is 0 Å². The molecule has 0 atom stereocenters. The van der Waals surface area contributed by atoms with Crippen molar-refractivity contribution < 1.29 is 18.7 Å². The predicted molar refractivity (Wildman–Crippen MR) is 80.4 cm³/mol. The van der Waals surface area contributed by atoms with Crippen LogP contribution in [0.5, 0.6) is 5.88 Å². The number of ketones is 1. The molecule has 2 N–H and O–H groups in total. The van der Waals surface area contributed by atoms with E-state index in [9.17, 15) is 9.59 Å². The summed E-state index contributed by atoms with van der Waals surface area (Å²) in [6, 6.07) is 1.59. The fourth-order valence-corrected chi connectivity index (χ4v) is 2.55. The number of rotatable bonds is 4. The molecule has 1 aliphatic rings. The molecule has 2 aromatic heterocycles. The Morgan fingerprint density at radius 1 is 1.39 bits per heavy atom. The topological polar surface area (TPSA) is 106 Å². The Morgan fingerprint density at radius 3 is 2.96 bits per heavy atom. The van der Waals surface area contributed by atoms with Crippen molar-refractivity contribution in [2.75, 3.05) is 12.5 Å². The second-order valence-electron chi connectivity index (χ2n) is 5.13. The fourth-order valence-electron chi connectivity index (χ4n) is 2.55. The van der Waals surface area contributed by atoms with Crippen molar-refractivity contribution in [3.63, 3.8) is 0 Å². The quantitative estimate of drug-likeness (QED) is 0.826. The van der Waals surface area contributed by atoms with E-state index in [4.69, 9.17) is 9.15 Å². The van der Waals surface area contributed by atoms with Gasteiger partial charge in [-0.05, 0) is 13.3 Å². The third-order valence-corrected chi connectivity index (χ3v) is 3.64. The van der Waals surface area contributed by atoms with E-state index >= 15 is 0 Å². The summed E-state index contributed by atoms with van der Waals surface area (Å²) < 4.78 is 10.5. The molecule has 2 heterocycles. The van der Waals surface area contributed by atoms with Gasteiger partial charge in [0, 0.05) is 30.7 Å². The number of hydrogen-bond donors (Lipinski definition) is 2. The lowest BCUT2D eigenvalue weighted by molar-refractivity contribution is 0.0927. The molecular formula is C15H16N4O4. The molecule has 0 radical (unpaired) electrons. The van der Waals surface area contributed by atoms with Gasteiger partial charge in [-0.25, -0.2) is 4.98 Å². The average molecular weight is 316 g/mol. The number of carbonyl (C=O) groups is 2. The normalized spacial score (nSPS) is 13.4. The molecule has 8 heteroatoms. The molecule has 0 saturated heterocycles. The highest BCUT2D eigenvalue weighted by Gasteiger charge is 2.28. The van der Waals surface area contributed by atoms with Gasteiger partial charge in [0.25, 0.3) is 0 Å². The van der Waals surface area contributed by atoms with E-state index < -0.39 is 5.91 Å². The first-order chi connectivity index (χ1) is 11.1. The van der Waals surface area contributed by atoms with Crippen LogP contribution < -0.4 is 15.6 Å². The SMILES string of the molecule is COc1ccnc(NNC(=O)c2oc3c(c2C)C(=O)CCC3)n1. The highest BCUT2D eigenvalue weighted by molar-refractivity contribution is 6.03. The lowest BCUT2D eigenvalue weighted by atomic mass is 9.94. The molecule has 0 spiro atoms. The minimum Gasteiger partial charge on any atom is -0.481 e. The molecule has 1 amide bonds. The van der Waals surface area contributed by atoms with Gasteiger partial charge in [-0.2, -0.15) is 4.98 Å². The first-order valence-corrected chi connectivity index (χ1v) is 7.19. The van der Waals surface area contributed by atoms with E-state index in [0.717, 1.165) is 6.42 Å². The van der Waals surface area contributed by atoms with Crippen LogP contribution in [0.4, 0.5) is 5.95 Å². The van der Waals surface area contributed by atoms with Gasteiger partial charge < -0.3 is 9.15 Å². The zero-order valence-electron chi connectivity index (χ0n) is 12.8. The van der Waals surface area contributed by atoms with Gasteiger partial charge in [0.15, 0.2) is 11.5 Å². The second-order valence-corrected chi connectivity index (χ2v) is 5.13. The average Bonchev–Trinajstić information content (AvgIpc) is 2.91. The van der Waals surface area contributed by atoms with Gasteiger partial charge in [0.2, 0.25) is 11.8 Å². The predicted octanol–water partition coefficient (Wildman–Crippen LogP) is 1.66. The molecule has 120 valence electrons. The molecule has 0 bridgehead atoms. The third kappa shape index (κ3) is 2.87. The lowest BCUT2D eigenvalue weighted by Gasteiger charge is -2.07. The number of Topliss-reactive ketones (excluding diaryl/α,β-unsaturated/α-hetero) is 1. The van der Waals surface area contributed by atoms with Crippen LogP contribution in [-0.2, 0) is 6.42 Å². The van der Waals surface area contributed by atoms with Crippen LogP contribution in [0.2, 0.25) is 0 Å². The Bertz CT molecular complexity index is 769. The van der Waals surface area contributed by atoms with E-state index in [2.05, 4.69) is 20.8 Å². The number of aryl methyl sites for hydroxylation is 1. The van der Waals surface area contributed by atoms with Crippen LogP contribution in [0.1, 0.15) is 45.1 Å². The summed E-state index contributed by atoms with van der Waals surface area (Å²) in [5.74, 6) is 0.795. The van der Waals surface area contributed by atoms with Crippen LogP contribution in [0, 0.1) is 6.92 Å². The van der Waals surface area contributed by atoms with Crippen LogP contribution >= 0.6 is 0 Å². The molecule has 0 aromatic carbocycles. The monoisotopic (exact) mass is 316 g/mol. The Labute approximate surface area is 132 Å². The summed E-state index contributed by atoms with van der Waals surface area (Å²) in [6.45, 7) is 1.71. The van der Waals surface area contributed by atoms with E-state index in [1.165, 1.54) is 13.3 Å². The van der Waals surface area contributed by atoms with Crippen molar-refractivity contribution >= 4 is 17.6 Å². The molecule has 0 aliphatic heterocycles. The standard InChI is InChI=1S/C15H16N4O4/c1-8-12-9(20)4-3-5-10(12)23-13(8)14(21)18-19-15-16-7-6-11(17-15)22-2/h6-7H,3-5H2,1-2H3,(H,18,21)(H,16,17,19). The largest absolute Gasteiger partial charge is 0.481 e. The lowest BCUT2D eigenvalue weighted by Crippen LogP contribution is -2.30. The number of hydrazine groups is 1. The summed E-state index contributed by atoms with van der Waals surface area (Å²) in [6.07, 6.45) is 3.40. The summed E-state index contributed by atoms with van der Waals surface area (Å²) in [4.78, 5) is 32.2. The molecular weight excluding hydrogens is 300 g/mol. The van der Waals surface area contributed by atoms with Crippen LogP contribution in [-0.4, -0.2) is 28.8 Å². The Hall–Kier alpha value is -2.90. The van der Waals surface area contributed by atoms with E-state index in [0.29, 0.717) is 35.6 Å². The van der Waals surface area contributed by atoms with Crippen LogP contribution in [0.3, 0.4) is 0 Å². The zero-order valence-corrected chi connectivity index (χ0v) is 12.8. The summed E-state index contributed by atoms with van der Waals surface area (Å²) in [7, 11) is 1.48. The van der Waals surface area contributed by atoms with E-state index in [-0.39, 0.29) is 17.5 Å². The first kappa shape index (κ1) is 15.0. The van der Waals surface area contributed by atoms with Crippen molar-refractivity contribution in [2.45, 2.75) is 26.2 Å². The molecule has 0 saturated carbocycles. The number of carbonyl (C=O) groups excluding carboxylic acids is 2. The van der Waals surface area contributed by atoms with Crippen LogP contribution in [0.15, 0.2) is 16.7 Å². The fraction of sp³-hybridized carbons (Fsp3) is 0.333. The van der Waals surface area contributed by atoms with Gasteiger partial charge in [0.1, 0.15) is 5.76 Å². The smallest absolute Gasteiger partial charge is 0.305 e. The minimum atomic E-state index is -0.490. The van der Waals surface area contributed by atoms with Crippen molar-refractivity contribution in [1.29, 1.82) is 0 Å². The number of ether oxygens (including phenoxy) is 1. The Kier molecular flexibility index (Phi) is 3.96. The number of nitrogens with zero attached hydrogens (tertiary/aromatic N) is 2.